The lowest BCUT2D eigenvalue weighted by Crippen LogP contribution is -2.70. The van der Waals surface area contributed by atoms with E-state index in [2.05, 4.69) is 13.8 Å². The molecule has 3 nitrogen and oxygen atoms in total. The smallest absolute Gasteiger partial charge is 0.156 e. The number of Topliss-reactive ketones (excluding diaryl/α,β-unsaturated/α-hetero) is 1. The third-order valence-corrected chi connectivity index (χ3v) is 10.3. The fourth-order valence-electron chi connectivity index (χ4n) is 7.10. The van der Waals surface area contributed by atoms with Gasteiger partial charge >= 0.3 is 0 Å². The molecule has 3 saturated carbocycles. The van der Waals surface area contributed by atoms with Gasteiger partial charge in [0.15, 0.2) is 11.6 Å². The molecule has 0 heterocycles. The summed E-state index contributed by atoms with van der Waals surface area (Å²) in [5, 5.41) is 11.4. The predicted octanol–water partition coefficient (Wildman–Crippen LogP) is 4.66. The van der Waals surface area contributed by atoms with E-state index in [0.29, 0.717) is 25.7 Å². The first-order valence-corrected chi connectivity index (χ1v) is 11.0. The van der Waals surface area contributed by atoms with Gasteiger partial charge in [0.05, 0.1) is 11.0 Å². The van der Waals surface area contributed by atoms with Crippen molar-refractivity contribution < 1.29 is 14.7 Å². The Kier molecular flexibility index (Phi) is 4.30. The molecule has 0 aliphatic heterocycles. The van der Waals surface area contributed by atoms with Crippen molar-refractivity contribution >= 4 is 34.8 Å². The highest BCUT2D eigenvalue weighted by Crippen LogP contribution is 2.70. The fourth-order valence-corrected chi connectivity index (χ4v) is 7.98. The Morgan fingerprint density at radius 1 is 1.07 bits per heavy atom. The van der Waals surface area contributed by atoms with Crippen LogP contribution in [0.5, 0.6) is 0 Å². The molecule has 1 N–H and O–H groups in total. The molecule has 0 bridgehead atoms. The van der Waals surface area contributed by atoms with Gasteiger partial charge in [-0.25, -0.2) is 0 Å². The zero-order valence-electron chi connectivity index (χ0n) is 16.6. The second-order valence-corrected chi connectivity index (χ2v) is 11.7. The van der Waals surface area contributed by atoms with Crippen molar-refractivity contribution in [2.75, 3.05) is 0 Å². The zero-order chi connectivity index (χ0) is 20.0. The molecule has 5 heteroatoms. The number of carbonyl (C=O) groups excluding carboxylic acids is 2. The molecule has 0 aromatic rings. The van der Waals surface area contributed by atoms with E-state index in [-0.39, 0.29) is 40.2 Å². The van der Waals surface area contributed by atoms with Crippen molar-refractivity contribution in [2.24, 2.45) is 28.6 Å². The van der Waals surface area contributed by atoms with E-state index in [4.69, 9.17) is 23.2 Å². The molecular formula is C22H30Cl2O3. The summed E-state index contributed by atoms with van der Waals surface area (Å²) in [4.78, 5) is 23.2. The molecule has 0 amide bonds. The summed E-state index contributed by atoms with van der Waals surface area (Å²) in [7, 11) is 0. The molecule has 0 saturated heterocycles. The SMILES string of the molecule is C[C@H]1C(=O)[C@](C)(Cl)C[C@H]2[C@@H]3CCC4=CC(=O)CC[C@]4(C)[C@@]3(Cl)[C@@H](O)C[C@]12C. The van der Waals surface area contributed by atoms with E-state index in [9.17, 15) is 14.7 Å². The summed E-state index contributed by atoms with van der Waals surface area (Å²) in [5.41, 5.74) is 0.413. The first-order chi connectivity index (χ1) is 12.4. The summed E-state index contributed by atoms with van der Waals surface area (Å²) >= 11 is 14.1. The Bertz CT molecular complexity index is 744. The monoisotopic (exact) mass is 412 g/mol. The molecule has 4 aliphatic carbocycles. The van der Waals surface area contributed by atoms with Gasteiger partial charge in [-0.3, -0.25) is 9.59 Å². The zero-order valence-corrected chi connectivity index (χ0v) is 18.2. The number of carbonyl (C=O) groups is 2. The number of rotatable bonds is 0. The topological polar surface area (TPSA) is 54.4 Å². The lowest BCUT2D eigenvalue weighted by molar-refractivity contribution is -0.163. The maximum absolute atomic E-state index is 12.9. The Hall–Kier alpha value is -0.380. The van der Waals surface area contributed by atoms with Crippen molar-refractivity contribution in [1.82, 2.24) is 0 Å². The third kappa shape index (κ3) is 2.37. The lowest BCUT2D eigenvalue weighted by Gasteiger charge is -2.67. The van der Waals surface area contributed by atoms with E-state index in [1.807, 2.05) is 13.8 Å². The minimum absolute atomic E-state index is 0.0805. The molecule has 150 valence electrons. The highest BCUT2D eigenvalue weighted by molar-refractivity contribution is 6.35. The maximum atomic E-state index is 12.9. The van der Waals surface area contributed by atoms with E-state index in [0.717, 1.165) is 18.4 Å². The summed E-state index contributed by atoms with van der Waals surface area (Å²) < 4.78 is 0. The van der Waals surface area contributed by atoms with Gasteiger partial charge < -0.3 is 5.11 Å². The molecular weight excluding hydrogens is 383 g/mol. The standard InChI is InChI=1S/C22H30Cl2O3/c1-12-18(27)21(4,23)10-16-15-6-5-13-9-14(25)7-8-20(13,3)22(15,24)17(26)11-19(12,16)2/h9,12,15-17,26H,5-8,10-11H2,1-4H3/t12-,15-,16-,17-,19+,20-,21+,22-/m0/s1. The number of hydrogen-bond acceptors (Lipinski definition) is 3. The molecule has 4 rings (SSSR count). The van der Waals surface area contributed by atoms with Crippen molar-refractivity contribution in [3.05, 3.63) is 11.6 Å². The van der Waals surface area contributed by atoms with E-state index in [1.165, 1.54) is 0 Å². The molecule has 0 unspecified atom stereocenters. The van der Waals surface area contributed by atoms with Crippen molar-refractivity contribution in [2.45, 2.75) is 82.1 Å². The Balaban J connectivity index is 1.83. The normalized spacial score (nSPS) is 55.3. The second kappa shape index (κ2) is 5.83. The van der Waals surface area contributed by atoms with Crippen molar-refractivity contribution in [3.8, 4) is 0 Å². The van der Waals surface area contributed by atoms with E-state index >= 15 is 0 Å². The van der Waals surface area contributed by atoms with Crippen LogP contribution in [-0.4, -0.2) is 32.5 Å². The summed E-state index contributed by atoms with van der Waals surface area (Å²) in [6.45, 7) is 8.08. The highest BCUT2D eigenvalue weighted by Gasteiger charge is 2.70. The van der Waals surface area contributed by atoms with Gasteiger partial charge in [0.2, 0.25) is 0 Å². The minimum Gasteiger partial charge on any atom is -0.391 e. The average molecular weight is 413 g/mol. The molecule has 8 atom stereocenters. The van der Waals surface area contributed by atoms with Crippen LogP contribution in [0.25, 0.3) is 0 Å². The highest BCUT2D eigenvalue weighted by atomic mass is 35.5. The van der Waals surface area contributed by atoms with Crippen molar-refractivity contribution in [1.29, 1.82) is 0 Å². The largest absolute Gasteiger partial charge is 0.391 e. The number of fused-ring (bicyclic) bond motifs is 5. The van der Waals surface area contributed by atoms with Gasteiger partial charge in [0, 0.05) is 17.8 Å². The molecule has 0 aromatic carbocycles. The maximum Gasteiger partial charge on any atom is 0.156 e. The third-order valence-electron chi connectivity index (χ3n) is 8.98. The van der Waals surface area contributed by atoms with Crippen LogP contribution in [0.15, 0.2) is 11.6 Å². The number of hydrogen-bond donors (Lipinski definition) is 1. The van der Waals surface area contributed by atoms with Crippen LogP contribution >= 0.6 is 23.2 Å². The van der Waals surface area contributed by atoms with Crippen LogP contribution in [-0.2, 0) is 9.59 Å². The van der Waals surface area contributed by atoms with Crippen LogP contribution in [0, 0.1) is 28.6 Å². The molecule has 0 radical (unpaired) electrons. The lowest BCUT2D eigenvalue weighted by atomic mass is 9.41. The first kappa shape index (κ1) is 19.9. The molecule has 0 aromatic heterocycles. The second-order valence-electron chi connectivity index (χ2n) is 10.2. The van der Waals surface area contributed by atoms with E-state index < -0.39 is 15.9 Å². The van der Waals surface area contributed by atoms with Gasteiger partial charge in [-0.2, -0.15) is 0 Å². The summed E-state index contributed by atoms with van der Waals surface area (Å²) in [5.74, 6) is 0.318. The first-order valence-electron chi connectivity index (χ1n) is 10.2. The quantitative estimate of drug-likeness (QED) is 0.588. The van der Waals surface area contributed by atoms with Crippen molar-refractivity contribution in [3.63, 3.8) is 0 Å². The Labute approximate surface area is 171 Å². The summed E-state index contributed by atoms with van der Waals surface area (Å²) in [6.07, 6.45) is 5.03. The average Bonchev–Trinajstić information content (AvgIpc) is 2.58. The Morgan fingerprint density at radius 3 is 2.41 bits per heavy atom. The summed E-state index contributed by atoms with van der Waals surface area (Å²) in [6, 6.07) is 0. The number of aliphatic hydroxyl groups is 1. The van der Waals surface area contributed by atoms with Gasteiger partial charge in [-0.15, -0.1) is 23.2 Å². The van der Waals surface area contributed by atoms with Crippen LogP contribution in [0.1, 0.15) is 66.2 Å². The number of aliphatic hydroxyl groups excluding tert-OH is 1. The van der Waals surface area contributed by atoms with Gasteiger partial charge in [-0.1, -0.05) is 26.3 Å². The van der Waals surface area contributed by atoms with Crippen LogP contribution < -0.4 is 0 Å². The van der Waals surface area contributed by atoms with Crippen LogP contribution in [0.2, 0.25) is 0 Å². The number of alkyl halides is 2. The fraction of sp³-hybridized carbons (Fsp3) is 0.818. The number of halogens is 2. The number of ketones is 2. The molecule has 3 fully saturated rings. The Morgan fingerprint density at radius 2 is 1.74 bits per heavy atom. The van der Waals surface area contributed by atoms with Crippen LogP contribution in [0.4, 0.5) is 0 Å². The molecule has 4 aliphatic rings. The van der Waals surface area contributed by atoms with Gasteiger partial charge in [0.1, 0.15) is 4.87 Å². The number of allylic oxidation sites excluding steroid dienone is 2. The van der Waals surface area contributed by atoms with E-state index in [1.54, 1.807) is 6.08 Å². The van der Waals surface area contributed by atoms with Gasteiger partial charge in [-0.05, 0) is 62.4 Å². The molecule has 27 heavy (non-hydrogen) atoms. The molecule has 0 spiro atoms. The van der Waals surface area contributed by atoms with Gasteiger partial charge in [0.25, 0.3) is 0 Å². The minimum atomic E-state index is -0.872. The predicted molar refractivity (Wildman–Crippen MR) is 107 cm³/mol. The van der Waals surface area contributed by atoms with Crippen LogP contribution in [0.3, 0.4) is 0 Å².